The molecule has 2 rings (SSSR count). The van der Waals surface area contributed by atoms with Gasteiger partial charge in [-0.15, -0.1) is 0 Å². The van der Waals surface area contributed by atoms with E-state index in [0.29, 0.717) is 6.04 Å². The number of nitrogens with one attached hydrogen (secondary N) is 2. The number of nitrogens with zero attached hydrogens (tertiary/aromatic N) is 4. The van der Waals surface area contributed by atoms with Crippen molar-refractivity contribution < 1.29 is 4.74 Å². The maximum absolute atomic E-state index is 5.44. The third-order valence-corrected chi connectivity index (χ3v) is 5.08. The standard InChI is InChI=1S/C19H36N6O/c1-7-20-19(21-13-15(3)25-8-10-26-11-9-25)22-14(2)12-18-16(4)23-24(6)17(18)5/h14-15H,7-13H2,1-6H3,(H2,20,21,22). The molecule has 1 aromatic heterocycles. The van der Waals surface area contributed by atoms with E-state index in [0.717, 1.165) is 57.5 Å². The fraction of sp³-hybridized carbons (Fsp3) is 0.789. The molecule has 0 amide bonds. The second-order valence-electron chi connectivity index (χ2n) is 7.24. The summed E-state index contributed by atoms with van der Waals surface area (Å²) in [7, 11) is 2.00. The largest absolute Gasteiger partial charge is 0.379 e. The number of aryl methyl sites for hydroxylation is 2. The molecule has 2 N–H and O–H groups in total. The lowest BCUT2D eigenvalue weighted by atomic mass is 10.1. The molecule has 2 atom stereocenters. The summed E-state index contributed by atoms with van der Waals surface area (Å²) in [6, 6.07) is 0.709. The van der Waals surface area contributed by atoms with Gasteiger partial charge in [0, 0.05) is 44.5 Å². The van der Waals surface area contributed by atoms with E-state index in [1.165, 1.54) is 11.3 Å². The molecule has 0 aliphatic carbocycles. The van der Waals surface area contributed by atoms with Crippen molar-refractivity contribution in [1.29, 1.82) is 0 Å². The van der Waals surface area contributed by atoms with Crippen molar-refractivity contribution >= 4 is 5.96 Å². The highest BCUT2D eigenvalue weighted by molar-refractivity contribution is 5.80. The van der Waals surface area contributed by atoms with Crippen molar-refractivity contribution in [3.8, 4) is 0 Å². The lowest BCUT2D eigenvalue weighted by Gasteiger charge is -2.31. The van der Waals surface area contributed by atoms with Crippen molar-refractivity contribution in [1.82, 2.24) is 25.3 Å². The number of hydrogen-bond donors (Lipinski definition) is 2. The van der Waals surface area contributed by atoms with Gasteiger partial charge in [0.15, 0.2) is 5.96 Å². The number of morpholine rings is 1. The molecule has 1 fully saturated rings. The smallest absolute Gasteiger partial charge is 0.191 e. The van der Waals surface area contributed by atoms with Crippen molar-refractivity contribution in [3.05, 3.63) is 17.0 Å². The van der Waals surface area contributed by atoms with E-state index in [1.54, 1.807) is 0 Å². The first-order chi connectivity index (χ1) is 12.4. The third kappa shape index (κ3) is 5.71. The van der Waals surface area contributed by atoms with Gasteiger partial charge in [-0.1, -0.05) is 0 Å². The molecule has 1 saturated heterocycles. The summed E-state index contributed by atoms with van der Waals surface area (Å²) in [5, 5.41) is 11.4. The average Bonchev–Trinajstić information content (AvgIpc) is 2.86. The van der Waals surface area contributed by atoms with Crippen LogP contribution in [0.2, 0.25) is 0 Å². The van der Waals surface area contributed by atoms with Crippen LogP contribution in [0.3, 0.4) is 0 Å². The predicted molar refractivity (Wildman–Crippen MR) is 107 cm³/mol. The van der Waals surface area contributed by atoms with Gasteiger partial charge in [-0.25, -0.2) is 0 Å². The number of rotatable bonds is 7. The fourth-order valence-electron chi connectivity index (χ4n) is 3.38. The van der Waals surface area contributed by atoms with Crippen LogP contribution in [0.15, 0.2) is 4.99 Å². The predicted octanol–water partition coefficient (Wildman–Crippen LogP) is 1.24. The van der Waals surface area contributed by atoms with Crippen LogP contribution in [0.25, 0.3) is 0 Å². The minimum Gasteiger partial charge on any atom is -0.379 e. The number of aliphatic imine (C=N–C) groups is 1. The first kappa shape index (κ1) is 20.7. The summed E-state index contributed by atoms with van der Waals surface area (Å²) in [5.74, 6) is 0.888. The van der Waals surface area contributed by atoms with E-state index >= 15 is 0 Å². The molecule has 0 radical (unpaired) electrons. The Kier molecular flexibility index (Phi) is 7.90. The van der Waals surface area contributed by atoms with Crippen LogP contribution in [0.1, 0.15) is 37.7 Å². The van der Waals surface area contributed by atoms with Gasteiger partial charge < -0.3 is 15.4 Å². The lowest BCUT2D eigenvalue weighted by molar-refractivity contribution is 0.0220. The molecule has 1 aromatic rings. The topological polar surface area (TPSA) is 66.7 Å². The molecular formula is C19H36N6O. The molecule has 0 aromatic carbocycles. The number of aromatic nitrogens is 2. The van der Waals surface area contributed by atoms with Crippen LogP contribution in [-0.2, 0) is 18.2 Å². The molecule has 0 bridgehead atoms. The minimum atomic E-state index is 0.285. The van der Waals surface area contributed by atoms with Gasteiger partial charge in [0.1, 0.15) is 0 Å². The quantitative estimate of drug-likeness (QED) is 0.563. The van der Waals surface area contributed by atoms with Crippen LogP contribution in [0, 0.1) is 13.8 Å². The zero-order chi connectivity index (χ0) is 19.1. The van der Waals surface area contributed by atoms with Crippen molar-refractivity contribution in [2.75, 3.05) is 39.4 Å². The van der Waals surface area contributed by atoms with Crippen LogP contribution in [-0.4, -0.2) is 72.1 Å². The van der Waals surface area contributed by atoms with Crippen molar-refractivity contribution in [3.63, 3.8) is 0 Å². The fourth-order valence-corrected chi connectivity index (χ4v) is 3.38. The second kappa shape index (κ2) is 9.92. The highest BCUT2D eigenvalue weighted by atomic mass is 16.5. The molecule has 0 saturated carbocycles. The first-order valence-electron chi connectivity index (χ1n) is 9.78. The number of hydrogen-bond acceptors (Lipinski definition) is 4. The van der Waals surface area contributed by atoms with Crippen LogP contribution in [0.4, 0.5) is 0 Å². The molecule has 7 heteroatoms. The Morgan fingerprint density at radius 2 is 1.96 bits per heavy atom. The zero-order valence-corrected chi connectivity index (χ0v) is 17.3. The third-order valence-electron chi connectivity index (χ3n) is 5.08. The number of guanidine groups is 1. The Balaban J connectivity index is 1.93. The minimum absolute atomic E-state index is 0.285. The Morgan fingerprint density at radius 3 is 2.54 bits per heavy atom. The highest BCUT2D eigenvalue weighted by Crippen LogP contribution is 2.14. The van der Waals surface area contributed by atoms with Gasteiger partial charge in [0.2, 0.25) is 0 Å². The normalized spacial score (nSPS) is 18.6. The Morgan fingerprint density at radius 1 is 1.27 bits per heavy atom. The Labute approximate surface area is 158 Å². The van der Waals surface area contributed by atoms with E-state index in [-0.39, 0.29) is 6.04 Å². The van der Waals surface area contributed by atoms with E-state index in [1.807, 2.05) is 11.7 Å². The molecule has 26 heavy (non-hydrogen) atoms. The van der Waals surface area contributed by atoms with E-state index in [4.69, 9.17) is 9.73 Å². The molecule has 148 valence electrons. The second-order valence-corrected chi connectivity index (χ2v) is 7.24. The van der Waals surface area contributed by atoms with Gasteiger partial charge >= 0.3 is 0 Å². The van der Waals surface area contributed by atoms with Crippen LogP contribution < -0.4 is 10.6 Å². The van der Waals surface area contributed by atoms with Gasteiger partial charge in [-0.05, 0) is 46.6 Å². The van der Waals surface area contributed by atoms with Gasteiger partial charge in [-0.2, -0.15) is 5.10 Å². The molecule has 2 heterocycles. The van der Waals surface area contributed by atoms with E-state index in [2.05, 4.69) is 55.3 Å². The van der Waals surface area contributed by atoms with Crippen molar-refractivity contribution in [2.24, 2.45) is 12.0 Å². The maximum atomic E-state index is 5.44. The first-order valence-corrected chi connectivity index (χ1v) is 9.78. The van der Waals surface area contributed by atoms with Crippen molar-refractivity contribution in [2.45, 2.75) is 53.1 Å². The van der Waals surface area contributed by atoms with E-state index in [9.17, 15) is 0 Å². The summed E-state index contributed by atoms with van der Waals surface area (Å²) in [4.78, 5) is 7.26. The molecule has 7 nitrogen and oxygen atoms in total. The monoisotopic (exact) mass is 364 g/mol. The maximum Gasteiger partial charge on any atom is 0.191 e. The Bertz CT molecular complexity index is 591. The summed E-state index contributed by atoms with van der Waals surface area (Å²) in [6.45, 7) is 16.0. The number of ether oxygens (including phenoxy) is 1. The average molecular weight is 365 g/mol. The molecule has 2 unspecified atom stereocenters. The SMILES string of the molecule is CCNC(=NCC(C)N1CCOCC1)NC(C)Cc1c(C)nn(C)c1C. The summed E-state index contributed by atoms with van der Waals surface area (Å²) < 4.78 is 7.39. The van der Waals surface area contributed by atoms with Gasteiger partial charge in [0.25, 0.3) is 0 Å². The summed E-state index contributed by atoms with van der Waals surface area (Å²) >= 11 is 0. The molecule has 1 aliphatic rings. The lowest BCUT2D eigenvalue weighted by Crippen LogP contribution is -2.46. The summed E-state index contributed by atoms with van der Waals surface area (Å²) in [6.07, 6.45) is 0.939. The summed E-state index contributed by atoms with van der Waals surface area (Å²) in [5.41, 5.74) is 3.67. The highest BCUT2D eigenvalue weighted by Gasteiger charge is 2.17. The molecule has 0 spiro atoms. The van der Waals surface area contributed by atoms with Crippen LogP contribution >= 0.6 is 0 Å². The van der Waals surface area contributed by atoms with Gasteiger partial charge in [-0.3, -0.25) is 14.6 Å². The van der Waals surface area contributed by atoms with Crippen LogP contribution in [0.5, 0.6) is 0 Å². The van der Waals surface area contributed by atoms with E-state index < -0.39 is 0 Å². The zero-order valence-electron chi connectivity index (χ0n) is 17.3. The molecular weight excluding hydrogens is 328 g/mol. The van der Waals surface area contributed by atoms with Gasteiger partial charge in [0.05, 0.1) is 25.5 Å². The molecule has 1 aliphatic heterocycles. The Hall–Kier alpha value is -1.60.